The molecule has 0 aliphatic carbocycles. The second-order valence-corrected chi connectivity index (χ2v) is 4.06. The van der Waals surface area contributed by atoms with Crippen LogP contribution in [0.3, 0.4) is 0 Å². The lowest BCUT2D eigenvalue weighted by Crippen LogP contribution is -2.23. The van der Waals surface area contributed by atoms with Gasteiger partial charge in [-0.25, -0.2) is 0 Å². The molecule has 2 nitrogen and oxygen atoms in total. The molecule has 2 aromatic rings. The summed E-state index contributed by atoms with van der Waals surface area (Å²) < 4.78 is 1.97. The van der Waals surface area contributed by atoms with Crippen LogP contribution in [0.2, 0.25) is 0 Å². The van der Waals surface area contributed by atoms with E-state index in [9.17, 15) is 0 Å². The van der Waals surface area contributed by atoms with Crippen LogP contribution < -0.4 is 15.5 Å². The van der Waals surface area contributed by atoms with Gasteiger partial charge in [0.1, 0.15) is 11.8 Å². The number of nitrogens with zero attached hydrogens (tertiary/aromatic N) is 1. The molecule has 0 saturated carbocycles. The fraction of sp³-hybridized carbons (Fsp3) is 0. The molecule has 0 atom stereocenters. The standard InChI is InChI=1S/C11H8N2S/c1-7-11(9(13)6-12)8-4-2-3-5-10(8)14-7/h2-5H,1,13H2/b11-9-. The smallest absolute Gasteiger partial charge is 0.120 e. The quantitative estimate of drug-likeness (QED) is 0.687. The molecule has 1 aromatic carbocycles. The van der Waals surface area contributed by atoms with Crippen LogP contribution in [-0.2, 0) is 0 Å². The summed E-state index contributed by atoms with van der Waals surface area (Å²) in [6.45, 7) is 3.89. The summed E-state index contributed by atoms with van der Waals surface area (Å²) in [6, 6.07) is 9.82. The SMILES string of the molecule is C=c1sc2ccccc2/c1=C(\N)C#N. The Labute approximate surface area is 85.2 Å². The van der Waals surface area contributed by atoms with Crippen LogP contribution in [0.4, 0.5) is 0 Å². The van der Waals surface area contributed by atoms with Crippen LogP contribution in [0.1, 0.15) is 0 Å². The van der Waals surface area contributed by atoms with Gasteiger partial charge in [0.25, 0.3) is 0 Å². The first kappa shape index (κ1) is 8.79. The van der Waals surface area contributed by atoms with Crippen LogP contribution in [-0.4, -0.2) is 0 Å². The van der Waals surface area contributed by atoms with Gasteiger partial charge in [-0.2, -0.15) is 5.26 Å². The molecule has 0 radical (unpaired) electrons. The molecule has 0 aliphatic rings. The maximum absolute atomic E-state index is 8.76. The number of thiophene rings is 1. The van der Waals surface area contributed by atoms with Crippen LogP contribution in [0, 0.1) is 11.3 Å². The van der Waals surface area contributed by atoms with E-state index in [1.54, 1.807) is 11.3 Å². The Kier molecular flexibility index (Phi) is 1.99. The Hall–Kier alpha value is -1.79. The third-order valence-corrected chi connectivity index (χ3v) is 3.08. The number of benzene rings is 1. The van der Waals surface area contributed by atoms with Crippen LogP contribution in [0.25, 0.3) is 22.4 Å². The highest BCUT2D eigenvalue weighted by atomic mass is 32.1. The molecule has 3 heteroatoms. The Morgan fingerprint density at radius 2 is 2.14 bits per heavy atom. The number of rotatable bonds is 0. The van der Waals surface area contributed by atoms with Crippen molar-refractivity contribution in [3.05, 3.63) is 34.0 Å². The van der Waals surface area contributed by atoms with Crippen molar-refractivity contribution < 1.29 is 0 Å². The van der Waals surface area contributed by atoms with Gasteiger partial charge < -0.3 is 5.73 Å². The number of hydrogen-bond acceptors (Lipinski definition) is 3. The highest BCUT2D eigenvalue weighted by Crippen LogP contribution is 2.11. The maximum Gasteiger partial charge on any atom is 0.120 e. The Balaban J connectivity index is 3.13. The molecule has 14 heavy (non-hydrogen) atoms. The molecule has 0 saturated heterocycles. The topological polar surface area (TPSA) is 49.8 Å². The molecule has 2 rings (SSSR count). The van der Waals surface area contributed by atoms with Crippen LogP contribution in [0.5, 0.6) is 0 Å². The summed E-state index contributed by atoms with van der Waals surface area (Å²) in [5, 5.41) is 10.6. The highest BCUT2D eigenvalue weighted by Gasteiger charge is 2.01. The third kappa shape index (κ3) is 1.17. The second-order valence-electron chi connectivity index (χ2n) is 2.92. The van der Waals surface area contributed by atoms with Crippen LogP contribution >= 0.6 is 11.3 Å². The van der Waals surface area contributed by atoms with Crippen molar-refractivity contribution in [1.82, 2.24) is 0 Å². The number of hydrogen-bond donors (Lipinski definition) is 1. The molecule has 0 unspecified atom stereocenters. The van der Waals surface area contributed by atoms with Crippen molar-refractivity contribution in [2.75, 3.05) is 0 Å². The van der Waals surface area contributed by atoms with Gasteiger partial charge in [-0.3, -0.25) is 0 Å². The van der Waals surface area contributed by atoms with Crippen molar-refractivity contribution in [3.8, 4) is 6.07 Å². The molecule has 0 aliphatic heterocycles. The van der Waals surface area contributed by atoms with Gasteiger partial charge in [-0.1, -0.05) is 24.8 Å². The Morgan fingerprint density at radius 1 is 1.43 bits per heavy atom. The average molecular weight is 200 g/mol. The first-order valence-corrected chi connectivity index (χ1v) is 4.92. The molecule has 0 spiro atoms. The van der Waals surface area contributed by atoms with Crippen molar-refractivity contribution in [2.45, 2.75) is 0 Å². The summed E-state index contributed by atoms with van der Waals surface area (Å²) in [5.74, 6) is 0. The molecule has 1 aromatic heterocycles. The van der Waals surface area contributed by atoms with E-state index in [1.165, 1.54) is 0 Å². The second kappa shape index (κ2) is 3.17. The van der Waals surface area contributed by atoms with Gasteiger partial charge in [-0.15, -0.1) is 11.3 Å². The maximum atomic E-state index is 8.76. The summed E-state index contributed by atoms with van der Waals surface area (Å²) in [6.07, 6.45) is 0. The van der Waals surface area contributed by atoms with Crippen molar-refractivity contribution in [2.24, 2.45) is 5.73 Å². The average Bonchev–Trinajstić information content (AvgIpc) is 2.53. The first-order chi connectivity index (χ1) is 6.74. The third-order valence-electron chi connectivity index (χ3n) is 2.06. The predicted octanol–water partition coefficient (Wildman–Crippen LogP) is 0.902. The minimum absolute atomic E-state index is 0.243. The van der Waals surface area contributed by atoms with Gasteiger partial charge in [0.15, 0.2) is 0 Å². The summed E-state index contributed by atoms with van der Waals surface area (Å²) in [5.41, 5.74) is 5.87. The Morgan fingerprint density at radius 3 is 2.86 bits per heavy atom. The molecule has 0 amide bonds. The zero-order chi connectivity index (χ0) is 10.1. The Bertz CT molecular complexity index is 631. The number of nitriles is 1. The zero-order valence-corrected chi connectivity index (χ0v) is 8.27. The summed E-state index contributed by atoms with van der Waals surface area (Å²) in [4.78, 5) is 0. The van der Waals surface area contributed by atoms with Crippen molar-refractivity contribution in [3.63, 3.8) is 0 Å². The van der Waals surface area contributed by atoms with E-state index >= 15 is 0 Å². The lowest BCUT2D eigenvalue weighted by Gasteiger charge is -1.87. The van der Waals surface area contributed by atoms with Crippen molar-refractivity contribution >= 4 is 33.7 Å². The largest absolute Gasteiger partial charge is 0.390 e. The first-order valence-electron chi connectivity index (χ1n) is 4.10. The van der Waals surface area contributed by atoms with Gasteiger partial charge in [-0.05, 0) is 6.07 Å². The van der Waals surface area contributed by atoms with E-state index in [-0.39, 0.29) is 5.70 Å². The molecule has 0 fully saturated rings. The van der Waals surface area contributed by atoms with Gasteiger partial charge in [0.05, 0.1) is 0 Å². The molecule has 0 bridgehead atoms. The molecule has 2 N–H and O–H groups in total. The molecular formula is C11H8N2S. The van der Waals surface area contributed by atoms with Gasteiger partial charge >= 0.3 is 0 Å². The van der Waals surface area contributed by atoms with E-state index in [0.717, 1.165) is 19.8 Å². The van der Waals surface area contributed by atoms with Crippen LogP contribution in [0.15, 0.2) is 24.3 Å². The van der Waals surface area contributed by atoms with Gasteiger partial charge in [0.2, 0.25) is 0 Å². The monoisotopic (exact) mass is 200 g/mol. The van der Waals surface area contributed by atoms with E-state index in [2.05, 4.69) is 6.58 Å². The summed E-state index contributed by atoms with van der Waals surface area (Å²) in [7, 11) is 0. The predicted molar refractivity (Wildman–Crippen MR) is 59.8 cm³/mol. The fourth-order valence-electron chi connectivity index (χ4n) is 1.45. The normalized spacial score (nSPS) is 12.5. The minimum atomic E-state index is 0.243. The summed E-state index contributed by atoms with van der Waals surface area (Å²) >= 11 is 1.56. The minimum Gasteiger partial charge on any atom is -0.390 e. The lowest BCUT2D eigenvalue weighted by atomic mass is 10.2. The van der Waals surface area contributed by atoms with Gasteiger partial charge in [0, 0.05) is 19.8 Å². The molecular weight excluding hydrogens is 192 g/mol. The van der Waals surface area contributed by atoms with Crippen molar-refractivity contribution in [1.29, 1.82) is 5.26 Å². The molecule has 1 heterocycles. The fourth-order valence-corrected chi connectivity index (χ4v) is 2.46. The van der Waals surface area contributed by atoms with E-state index in [4.69, 9.17) is 11.0 Å². The van der Waals surface area contributed by atoms with E-state index < -0.39 is 0 Å². The highest BCUT2D eigenvalue weighted by molar-refractivity contribution is 7.17. The molecule has 68 valence electrons. The van der Waals surface area contributed by atoms with E-state index in [1.807, 2.05) is 30.3 Å². The number of nitrogens with two attached hydrogens (primary N) is 1. The van der Waals surface area contributed by atoms with E-state index in [0.29, 0.717) is 0 Å². The number of fused-ring (bicyclic) bond motifs is 1. The zero-order valence-electron chi connectivity index (χ0n) is 7.45. The lowest BCUT2D eigenvalue weighted by molar-refractivity contribution is 1.48.